The van der Waals surface area contributed by atoms with Crippen molar-refractivity contribution in [3.05, 3.63) is 45.9 Å². The Morgan fingerprint density at radius 1 is 1.18 bits per heavy atom. The predicted octanol–water partition coefficient (Wildman–Crippen LogP) is 4.50. The highest BCUT2D eigenvalue weighted by molar-refractivity contribution is 9.10. The SMILES string of the molecule is CC1CC[C@@H](N)c2cc(Br)c3ccccc3c21. The van der Waals surface area contributed by atoms with Crippen LogP contribution in [0.15, 0.2) is 34.8 Å². The van der Waals surface area contributed by atoms with Crippen molar-refractivity contribution in [2.75, 3.05) is 0 Å². The van der Waals surface area contributed by atoms with E-state index < -0.39 is 0 Å². The van der Waals surface area contributed by atoms with Gasteiger partial charge in [-0.3, -0.25) is 0 Å². The van der Waals surface area contributed by atoms with Crippen molar-refractivity contribution >= 4 is 26.7 Å². The van der Waals surface area contributed by atoms with E-state index in [1.807, 2.05) is 0 Å². The van der Waals surface area contributed by atoms with Gasteiger partial charge in [-0.1, -0.05) is 47.1 Å². The van der Waals surface area contributed by atoms with Crippen molar-refractivity contribution < 1.29 is 0 Å². The minimum Gasteiger partial charge on any atom is -0.324 e. The third kappa shape index (κ3) is 1.71. The van der Waals surface area contributed by atoms with E-state index in [0.717, 1.165) is 10.9 Å². The molecule has 2 aromatic carbocycles. The Morgan fingerprint density at radius 2 is 1.88 bits per heavy atom. The fourth-order valence-electron chi connectivity index (χ4n) is 2.96. The minimum absolute atomic E-state index is 0.196. The quantitative estimate of drug-likeness (QED) is 0.759. The van der Waals surface area contributed by atoms with Crippen LogP contribution < -0.4 is 5.73 Å². The van der Waals surface area contributed by atoms with Gasteiger partial charge in [0.25, 0.3) is 0 Å². The topological polar surface area (TPSA) is 26.0 Å². The van der Waals surface area contributed by atoms with Crippen molar-refractivity contribution in [2.45, 2.75) is 31.7 Å². The normalized spacial score (nSPS) is 23.7. The molecule has 0 saturated heterocycles. The first kappa shape index (κ1) is 11.2. The molecule has 17 heavy (non-hydrogen) atoms. The molecule has 0 aliphatic heterocycles. The van der Waals surface area contributed by atoms with Gasteiger partial charge in [0, 0.05) is 10.5 Å². The molecular weight excluding hydrogens is 274 g/mol. The summed E-state index contributed by atoms with van der Waals surface area (Å²) >= 11 is 3.67. The summed E-state index contributed by atoms with van der Waals surface area (Å²) < 4.78 is 1.16. The van der Waals surface area contributed by atoms with Crippen LogP contribution >= 0.6 is 15.9 Å². The Bertz CT molecular complexity index is 576. The average molecular weight is 290 g/mol. The summed E-state index contributed by atoms with van der Waals surface area (Å²) in [7, 11) is 0. The first-order valence-corrected chi connectivity index (χ1v) is 6.94. The van der Waals surface area contributed by atoms with Crippen molar-refractivity contribution in [1.29, 1.82) is 0 Å². The van der Waals surface area contributed by atoms with Crippen LogP contribution in [-0.4, -0.2) is 0 Å². The van der Waals surface area contributed by atoms with Gasteiger partial charge in [-0.15, -0.1) is 0 Å². The molecule has 88 valence electrons. The Hall–Kier alpha value is -0.860. The second-order valence-corrected chi connectivity index (χ2v) is 5.85. The van der Waals surface area contributed by atoms with Gasteiger partial charge in [0.15, 0.2) is 0 Å². The number of hydrogen-bond acceptors (Lipinski definition) is 1. The number of fused-ring (bicyclic) bond motifs is 3. The molecule has 1 unspecified atom stereocenters. The molecule has 0 heterocycles. The lowest BCUT2D eigenvalue weighted by molar-refractivity contribution is 0.516. The molecule has 0 radical (unpaired) electrons. The zero-order chi connectivity index (χ0) is 12.0. The van der Waals surface area contributed by atoms with Gasteiger partial charge in [-0.2, -0.15) is 0 Å². The highest BCUT2D eigenvalue weighted by Gasteiger charge is 2.24. The first-order valence-electron chi connectivity index (χ1n) is 6.15. The molecule has 3 rings (SSSR count). The molecule has 1 aliphatic rings. The molecule has 2 N–H and O–H groups in total. The fourth-order valence-corrected chi connectivity index (χ4v) is 3.55. The Kier molecular flexibility index (Phi) is 2.72. The van der Waals surface area contributed by atoms with Crippen molar-refractivity contribution in [2.24, 2.45) is 5.73 Å². The van der Waals surface area contributed by atoms with Gasteiger partial charge < -0.3 is 5.73 Å². The van der Waals surface area contributed by atoms with Crippen LogP contribution in [0.25, 0.3) is 10.8 Å². The molecule has 0 fully saturated rings. The molecule has 0 saturated carbocycles. The molecule has 2 atom stereocenters. The van der Waals surface area contributed by atoms with Crippen molar-refractivity contribution in [3.8, 4) is 0 Å². The van der Waals surface area contributed by atoms with Crippen LogP contribution in [-0.2, 0) is 0 Å². The molecule has 0 aromatic heterocycles. The van der Waals surface area contributed by atoms with Crippen molar-refractivity contribution in [3.63, 3.8) is 0 Å². The smallest absolute Gasteiger partial charge is 0.0298 e. The maximum absolute atomic E-state index is 6.25. The van der Waals surface area contributed by atoms with Crippen LogP contribution in [0.4, 0.5) is 0 Å². The highest BCUT2D eigenvalue weighted by atomic mass is 79.9. The third-order valence-electron chi connectivity index (χ3n) is 3.87. The van der Waals surface area contributed by atoms with E-state index in [9.17, 15) is 0 Å². The van der Waals surface area contributed by atoms with Crippen molar-refractivity contribution in [1.82, 2.24) is 0 Å². The number of hydrogen-bond donors (Lipinski definition) is 1. The number of benzene rings is 2. The van der Waals surface area contributed by atoms with E-state index in [2.05, 4.69) is 53.2 Å². The molecule has 1 aliphatic carbocycles. The fraction of sp³-hybridized carbons (Fsp3) is 0.333. The largest absolute Gasteiger partial charge is 0.324 e. The van der Waals surface area contributed by atoms with E-state index in [1.54, 1.807) is 0 Å². The summed E-state index contributed by atoms with van der Waals surface area (Å²) in [6, 6.07) is 11.0. The van der Waals surface area contributed by atoms with E-state index in [-0.39, 0.29) is 6.04 Å². The maximum atomic E-state index is 6.25. The molecule has 1 nitrogen and oxygen atoms in total. The van der Waals surface area contributed by atoms with Crippen LogP contribution in [0.1, 0.15) is 42.9 Å². The molecular formula is C15H16BrN. The van der Waals surface area contributed by atoms with Gasteiger partial charge in [0.2, 0.25) is 0 Å². The van der Waals surface area contributed by atoms with Gasteiger partial charge in [0.1, 0.15) is 0 Å². The van der Waals surface area contributed by atoms with Gasteiger partial charge >= 0.3 is 0 Å². The summed E-state index contributed by atoms with van der Waals surface area (Å²) in [6.07, 6.45) is 2.29. The summed E-state index contributed by atoms with van der Waals surface area (Å²) in [6.45, 7) is 2.31. The number of halogens is 1. The summed E-state index contributed by atoms with van der Waals surface area (Å²) in [5.41, 5.74) is 9.04. The number of nitrogens with two attached hydrogens (primary N) is 1. The first-order chi connectivity index (χ1) is 8.18. The lowest BCUT2D eigenvalue weighted by atomic mass is 9.79. The summed E-state index contributed by atoms with van der Waals surface area (Å²) in [5.74, 6) is 0.614. The van der Waals surface area contributed by atoms with E-state index in [1.165, 1.54) is 28.3 Å². The second kappa shape index (κ2) is 4.11. The lowest BCUT2D eigenvalue weighted by Gasteiger charge is -2.29. The monoisotopic (exact) mass is 289 g/mol. The summed E-state index contributed by atoms with van der Waals surface area (Å²) in [5, 5.41) is 2.66. The zero-order valence-corrected chi connectivity index (χ0v) is 11.5. The van der Waals surface area contributed by atoms with E-state index in [4.69, 9.17) is 5.73 Å². The van der Waals surface area contributed by atoms with Crippen LogP contribution in [0.5, 0.6) is 0 Å². The van der Waals surface area contributed by atoms with Crippen LogP contribution in [0.2, 0.25) is 0 Å². The van der Waals surface area contributed by atoms with Crippen LogP contribution in [0, 0.1) is 0 Å². The molecule has 2 heteroatoms. The average Bonchev–Trinajstić information content (AvgIpc) is 2.34. The Morgan fingerprint density at radius 3 is 2.65 bits per heavy atom. The molecule has 0 spiro atoms. The maximum Gasteiger partial charge on any atom is 0.0298 e. The highest BCUT2D eigenvalue weighted by Crippen LogP contribution is 2.42. The lowest BCUT2D eigenvalue weighted by Crippen LogP contribution is -2.19. The Balaban J connectivity index is 2.41. The third-order valence-corrected chi connectivity index (χ3v) is 4.53. The Labute approximate surface area is 110 Å². The number of rotatable bonds is 0. The van der Waals surface area contributed by atoms with Gasteiger partial charge in [-0.05, 0) is 46.7 Å². The standard InChI is InChI=1S/C15H16BrN/c1-9-6-7-14(17)12-8-13(16)10-4-2-3-5-11(10)15(9)12/h2-5,8-9,14H,6-7,17H2,1H3/t9?,14-/m1/s1. The van der Waals surface area contributed by atoms with Crippen LogP contribution in [0.3, 0.4) is 0 Å². The van der Waals surface area contributed by atoms with Gasteiger partial charge in [0.05, 0.1) is 0 Å². The predicted molar refractivity (Wildman–Crippen MR) is 76.2 cm³/mol. The minimum atomic E-state index is 0.196. The van der Waals surface area contributed by atoms with E-state index in [0.29, 0.717) is 5.92 Å². The molecule has 2 aromatic rings. The summed E-state index contributed by atoms with van der Waals surface area (Å²) in [4.78, 5) is 0. The second-order valence-electron chi connectivity index (χ2n) is 4.99. The van der Waals surface area contributed by atoms with Gasteiger partial charge in [-0.25, -0.2) is 0 Å². The molecule has 0 amide bonds. The zero-order valence-electron chi connectivity index (χ0n) is 9.91. The van der Waals surface area contributed by atoms with E-state index >= 15 is 0 Å². The molecule has 0 bridgehead atoms.